The number of carbonyl (C=O) groups is 1. The van der Waals surface area contributed by atoms with Gasteiger partial charge in [-0.15, -0.1) is 11.6 Å². The first-order valence-corrected chi connectivity index (χ1v) is 7.36. The Morgan fingerprint density at radius 2 is 1.71 bits per heavy atom. The Morgan fingerprint density at radius 3 is 2.33 bits per heavy atom. The van der Waals surface area contributed by atoms with Crippen LogP contribution in [0.2, 0.25) is 10.0 Å². The van der Waals surface area contributed by atoms with Crippen molar-refractivity contribution in [2.45, 2.75) is 11.4 Å². The normalized spacial score (nSPS) is 21.3. The van der Waals surface area contributed by atoms with Crippen molar-refractivity contribution < 1.29 is 9.18 Å². The van der Waals surface area contributed by atoms with Crippen LogP contribution in [0.15, 0.2) is 42.5 Å². The van der Waals surface area contributed by atoms with Crippen LogP contribution in [0.3, 0.4) is 0 Å². The molecule has 2 aromatic carbocycles. The number of halogens is 4. The summed E-state index contributed by atoms with van der Waals surface area (Å²) in [5.74, 6) is -0.602. The van der Waals surface area contributed by atoms with Gasteiger partial charge in [0.1, 0.15) is 11.2 Å². The topological polar surface area (TPSA) is 20.3 Å². The van der Waals surface area contributed by atoms with E-state index in [4.69, 9.17) is 34.8 Å². The second kappa shape index (κ2) is 5.48. The van der Waals surface area contributed by atoms with Gasteiger partial charge in [-0.2, -0.15) is 0 Å². The van der Waals surface area contributed by atoms with E-state index < -0.39 is 11.4 Å². The molecule has 2 aromatic rings. The number of anilines is 1. The molecule has 0 aliphatic carbocycles. The van der Waals surface area contributed by atoms with Crippen molar-refractivity contribution in [3.63, 3.8) is 0 Å². The molecule has 1 aliphatic rings. The average molecular weight is 345 g/mol. The Hall–Kier alpha value is -1.29. The molecule has 6 heteroatoms. The van der Waals surface area contributed by atoms with Crippen LogP contribution in [0.4, 0.5) is 10.1 Å². The van der Waals surface area contributed by atoms with Gasteiger partial charge in [0.15, 0.2) is 0 Å². The molecule has 0 unspecified atom stereocenters. The van der Waals surface area contributed by atoms with Gasteiger partial charge in [0.2, 0.25) is 5.91 Å². The quantitative estimate of drug-likeness (QED) is 0.564. The van der Waals surface area contributed by atoms with Crippen LogP contribution >= 0.6 is 34.8 Å². The Bertz CT molecular complexity index is 705. The van der Waals surface area contributed by atoms with Gasteiger partial charge in [-0.1, -0.05) is 29.3 Å². The van der Waals surface area contributed by atoms with E-state index in [0.717, 1.165) is 0 Å². The van der Waals surface area contributed by atoms with Gasteiger partial charge in [-0.3, -0.25) is 4.79 Å². The Morgan fingerprint density at radius 1 is 1.05 bits per heavy atom. The summed E-state index contributed by atoms with van der Waals surface area (Å²) < 4.78 is 13.0. The van der Waals surface area contributed by atoms with Gasteiger partial charge in [0.05, 0.1) is 6.04 Å². The first-order valence-electron chi connectivity index (χ1n) is 6.16. The maximum atomic E-state index is 13.0. The van der Waals surface area contributed by atoms with Crippen molar-refractivity contribution in [3.05, 3.63) is 63.9 Å². The smallest absolute Gasteiger partial charge is 0.248 e. The summed E-state index contributed by atoms with van der Waals surface area (Å²) in [6, 6.07) is 10.3. The molecule has 1 fully saturated rings. The van der Waals surface area contributed by atoms with Gasteiger partial charge < -0.3 is 4.90 Å². The summed E-state index contributed by atoms with van der Waals surface area (Å²) >= 11 is 18.2. The molecular formula is C15H9Cl3FNO. The van der Waals surface area contributed by atoms with Crippen molar-refractivity contribution >= 4 is 46.4 Å². The number of hydrogen-bond donors (Lipinski definition) is 0. The molecule has 2 nitrogen and oxygen atoms in total. The molecule has 0 N–H and O–H groups in total. The van der Waals surface area contributed by atoms with Crippen LogP contribution < -0.4 is 4.90 Å². The Balaban J connectivity index is 2.00. The van der Waals surface area contributed by atoms with E-state index in [0.29, 0.717) is 21.3 Å². The minimum Gasteiger partial charge on any atom is -0.301 e. The lowest BCUT2D eigenvalue weighted by Gasteiger charge is -2.44. The predicted octanol–water partition coefficient (Wildman–Crippen LogP) is 4.83. The fraction of sp³-hybridized carbons (Fsp3) is 0.133. The summed E-state index contributed by atoms with van der Waals surface area (Å²) in [7, 11) is 0. The summed E-state index contributed by atoms with van der Waals surface area (Å²) in [5, 5.41) is 0.250. The van der Waals surface area contributed by atoms with E-state index >= 15 is 0 Å². The monoisotopic (exact) mass is 343 g/mol. The summed E-state index contributed by atoms with van der Waals surface area (Å²) in [6.07, 6.45) is 0. The van der Waals surface area contributed by atoms with Crippen molar-refractivity contribution in [1.29, 1.82) is 0 Å². The second-order valence-electron chi connectivity index (χ2n) is 4.70. The summed E-state index contributed by atoms with van der Waals surface area (Å²) in [4.78, 5) is 13.5. The molecule has 108 valence electrons. The number of hydrogen-bond acceptors (Lipinski definition) is 1. The number of nitrogens with zero attached hydrogens (tertiary/aromatic N) is 1. The number of β-lactam (4-membered cyclic amide) rings is 1. The molecule has 0 saturated carbocycles. The largest absolute Gasteiger partial charge is 0.301 e. The third kappa shape index (κ3) is 2.50. The highest BCUT2D eigenvalue weighted by Gasteiger charge is 2.48. The highest BCUT2D eigenvalue weighted by atomic mass is 35.5. The molecule has 1 amide bonds. The molecule has 0 radical (unpaired) electrons. The molecule has 0 spiro atoms. The highest BCUT2D eigenvalue weighted by Crippen LogP contribution is 2.44. The Labute approximate surface area is 136 Å². The SMILES string of the molecule is O=C1[C@@H](Cl)[C@H](c2ccc(Cl)cc2Cl)N1c1ccc(F)cc1. The molecule has 1 heterocycles. The average Bonchev–Trinajstić information content (AvgIpc) is 2.46. The predicted molar refractivity (Wildman–Crippen MR) is 82.7 cm³/mol. The minimum absolute atomic E-state index is 0.237. The maximum absolute atomic E-state index is 13.0. The second-order valence-corrected chi connectivity index (χ2v) is 6.01. The van der Waals surface area contributed by atoms with Crippen LogP contribution in [-0.4, -0.2) is 11.3 Å². The van der Waals surface area contributed by atoms with E-state index in [1.807, 2.05) is 0 Å². The standard InChI is InChI=1S/C15H9Cl3FNO/c16-8-1-6-11(12(17)7-8)14-13(18)15(21)20(14)10-4-2-9(19)3-5-10/h1-7,13-14H/t13-,14-/m0/s1. The van der Waals surface area contributed by atoms with Gasteiger partial charge in [-0.25, -0.2) is 4.39 Å². The zero-order valence-electron chi connectivity index (χ0n) is 10.6. The van der Waals surface area contributed by atoms with Gasteiger partial charge in [-0.05, 0) is 42.0 Å². The van der Waals surface area contributed by atoms with Crippen molar-refractivity contribution in [1.82, 2.24) is 0 Å². The van der Waals surface area contributed by atoms with E-state index in [1.165, 1.54) is 29.2 Å². The molecule has 1 aliphatic heterocycles. The van der Waals surface area contributed by atoms with Gasteiger partial charge in [0, 0.05) is 15.7 Å². The lowest BCUT2D eigenvalue weighted by atomic mass is 9.92. The van der Waals surface area contributed by atoms with E-state index in [2.05, 4.69) is 0 Å². The molecule has 21 heavy (non-hydrogen) atoms. The first-order chi connectivity index (χ1) is 9.99. The summed E-state index contributed by atoms with van der Waals surface area (Å²) in [5.41, 5.74) is 1.29. The van der Waals surface area contributed by atoms with Crippen molar-refractivity contribution in [2.75, 3.05) is 4.90 Å². The van der Waals surface area contributed by atoms with Crippen molar-refractivity contribution in [3.8, 4) is 0 Å². The van der Waals surface area contributed by atoms with Crippen LogP contribution in [0.25, 0.3) is 0 Å². The minimum atomic E-state index is -0.700. The highest BCUT2D eigenvalue weighted by molar-refractivity contribution is 6.38. The molecule has 2 atom stereocenters. The van der Waals surface area contributed by atoms with E-state index in [9.17, 15) is 9.18 Å². The maximum Gasteiger partial charge on any atom is 0.248 e. The number of carbonyl (C=O) groups excluding carboxylic acids is 1. The van der Waals surface area contributed by atoms with Crippen LogP contribution in [0, 0.1) is 5.82 Å². The van der Waals surface area contributed by atoms with E-state index in [-0.39, 0.29) is 11.7 Å². The van der Waals surface area contributed by atoms with Gasteiger partial charge >= 0.3 is 0 Å². The van der Waals surface area contributed by atoms with E-state index in [1.54, 1.807) is 18.2 Å². The Kier molecular flexibility index (Phi) is 3.82. The third-order valence-electron chi connectivity index (χ3n) is 3.41. The number of rotatable bonds is 2. The van der Waals surface area contributed by atoms with Crippen LogP contribution in [0.5, 0.6) is 0 Å². The van der Waals surface area contributed by atoms with Crippen molar-refractivity contribution in [2.24, 2.45) is 0 Å². The molecule has 1 saturated heterocycles. The molecule has 0 bridgehead atoms. The van der Waals surface area contributed by atoms with Crippen LogP contribution in [-0.2, 0) is 4.79 Å². The lowest BCUT2D eigenvalue weighted by Crippen LogP contribution is -2.56. The first kappa shape index (κ1) is 14.6. The number of benzene rings is 2. The molecule has 0 aromatic heterocycles. The van der Waals surface area contributed by atoms with Crippen LogP contribution in [0.1, 0.15) is 11.6 Å². The lowest BCUT2D eigenvalue weighted by molar-refractivity contribution is -0.123. The molecule has 3 rings (SSSR count). The summed E-state index contributed by atoms with van der Waals surface area (Å²) in [6.45, 7) is 0. The molecular weight excluding hydrogens is 336 g/mol. The zero-order chi connectivity index (χ0) is 15.1. The zero-order valence-corrected chi connectivity index (χ0v) is 12.8. The van der Waals surface area contributed by atoms with Gasteiger partial charge in [0.25, 0.3) is 0 Å². The third-order valence-corrected chi connectivity index (χ3v) is 4.40. The number of alkyl halides is 1. The fourth-order valence-corrected chi connectivity index (χ4v) is 3.26. The number of amides is 1. The fourth-order valence-electron chi connectivity index (χ4n) is 2.38.